The van der Waals surface area contributed by atoms with Gasteiger partial charge in [-0.1, -0.05) is 25.3 Å². The Balaban J connectivity index is 1.62. The molecule has 8 heteroatoms. The summed E-state index contributed by atoms with van der Waals surface area (Å²) in [4.78, 5) is 49.9. The number of carboxylic acid groups (broad SMARTS) is 1. The maximum absolute atomic E-state index is 13.0. The highest BCUT2D eigenvalue weighted by atomic mass is 16.4. The van der Waals surface area contributed by atoms with E-state index in [0.717, 1.165) is 37.0 Å². The fourth-order valence-corrected chi connectivity index (χ4v) is 4.13. The number of rotatable bonds is 4. The summed E-state index contributed by atoms with van der Waals surface area (Å²) in [7, 11) is 0. The van der Waals surface area contributed by atoms with Crippen LogP contribution in [0.4, 0.5) is 4.79 Å². The van der Waals surface area contributed by atoms with Gasteiger partial charge in [-0.25, -0.2) is 9.59 Å². The van der Waals surface area contributed by atoms with Crippen LogP contribution in [-0.4, -0.2) is 39.9 Å². The van der Waals surface area contributed by atoms with Crippen molar-refractivity contribution in [2.24, 2.45) is 0 Å². The van der Waals surface area contributed by atoms with E-state index in [1.165, 1.54) is 12.1 Å². The van der Waals surface area contributed by atoms with Gasteiger partial charge in [0.05, 0.1) is 5.56 Å². The smallest absolute Gasteiger partial charge is 0.335 e. The van der Waals surface area contributed by atoms with Gasteiger partial charge in [-0.05, 0) is 55.7 Å². The van der Waals surface area contributed by atoms with E-state index in [1.807, 2.05) is 0 Å². The van der Waals surface area contributed by atoms with Crippen molar-refractivity contribution in [1.29, 1.82) is 0 Å². The quantitative estimate of drug-likeness (QED) is 0.573. The number of aryl methyl sites for hydroxylation is 1. The number of amides is 4. The van der Waals surface area contributed by atoms with E-state index in [2.05, 4.69) is 5.32 Å². The number of nitrogens with one attached hydrogen (secondary N) is 1. The van der Waals surface area contributed by atoms with Gasteiger partial charge in [-0.3, -0.25) is 19.8 Å². The zero-order valence-electron chi connectivity index (χ0n) is 17.0. The molecule has 0 unspecified atom stereocenters. The molecule has 1 aliphatic heterocycles. The first-order valence-electron chi connectivity index (χ1n) is 10.2. The van der Waals surface area contributed by atoms with Gasteiger partial charge < -0.3 is 9.52 Å². The number of carboxylic acids is 1. The van der Waals surface area contributed by atoms with Crippen LogP contribution in [0.3, 0.4) is 0 Å². The second-order valence-corrected chi connectivity index (χ2v) is 7.82. The lowest BCUT2D eigenvalue weighted by atomic mass is 9.93. The molecule has 8 nitrogen and oxygen atoms in total. The molecule has 2 fully saturated rings. The molecule has 0 atom stereocenters. The highest BCUT2D eigenvalue weighted by Crippen LogP contribution is 2.29. The van der Waals surface area contributed by atoms with E-state index in [-0.39, 0.29) is 22.9 Å². The number of carbonyl (C=O) groups excluding carboxylic acids is 3. The number of barbiturate groups is 1. The molecule has 1 aromatic carbocycles. The lowest BCUT2D eigenvalue weighted by Crippen LogP contribution is -2.58. The van der Waals surface area contributed by atoms with Crippen LogP contribution < -0.4 is 5.32 Å². The molecule has 2 aliphatic rings. The highest BCUT2D eigenvalue weighted by Gasteiger charge is 2.40. The zero-order valence-corrected chi connectivity index (χ0v) is 17.0. The minimum absolute atomic E-state index is 0.149. The molecule has 1 saturated heterocycles. The third kappa shape index (κ3) is 4.01. The Hall–Kier alpha value is -3.68. The monoisotopic (exact) mass is 422 g/mol. The van der Waals surface area contributed by atoms with Gasteiger partial charge in [-0.2, -0.15) is 0 Å². The first kappa shape index (κ1) is 20.6. The number of aromatic carboxylic acids is 1. The Bertz CT molecular complexity index is 1110. The molecule has 1 aromatic heterocycles. The third-order valence-corrected chi connectivity index (χ3v) is 5.73. The van der Waals surface area contributed by atoms with Crippen molar-refractivity contribution in [1.82, 2.24) is 10.2 Å². The van der Waals surface area contributed by atoms with Crippen LogP contribution in [0, 0.1) is 6.92 Å². The molecule has 31 heavy (non-hydrogen) atoms. The Morgan fingerprint density at radius 2 is 1.87 bits per heavy atom. The summed E-state index contributed by atoms with van der Waals surface area (Å²) in [6, 6.07) is 7.10. The summed E-state index contributed by atoms with van der Waals surface area (Å²) in [5.74, 6) is -1.61. The summed E-state index contributed by atoms with van der Waals surface area (Å²) in [6.45, 7) is 1.77. The summed E-state index contributed by atoms with van der Waals surface area (Å²) in [5.41, 5.74) is 1.44. The van der Waals surface area contributed by atoms with Crippen molar-refractivity contribution in [2.45, 2.75) is 45.1 Å². The molecular weight excluding hydrogens is 400 g/mol. The molecular formula is C23H22N2O6. The van der Waals surface area contributed by atoms with Crippen LogP contribution >= 0.6 is 0 Å². The van der Waals surface area contributed by atoms with Crippen molar-refractivity contribution < 1.29 is 28.7 Å². The number of furan rings is 1. The second kappa shape index (κ2) is 8.22. The van der Waals surface area contributed by atoms with Gasteiger partial charge in [0.2, 0.25) is 0 Å². The van der Waals surface area contributed by atoms with Crippen LogP contribution in [0.5, 0.6) is 0 Å². The van der Waals surface area contributed by atoms with Crippen molar-refractivity contribution in [2.75, 3.05) is 0 Å². The van der Waals surface area contributed by atoms with Crippen LogP contribution in [0.2, 0.25) is 0 Å². The number of benzene rings is 1. The number of imide groups is 2. The molecule has 2 heterocycles. The van der Waals surface area contributed by atoms with Crippen molar-refractivity contribution in [3.05, 3.63) is 52.8 Å². The number of hydrogen-bond acceptors (Lipinski definition) is 5. The average molecular weight is 422 g/mol. The van der Waals surface area contributed by atoms with E-state index < -0.39 is 23.8 Å². The van der Waals surface area contributed by atoms with Crippen LogP contribution in [0.15, 0.2) is 40.3 Å². The van der Waals surface area contributed by atoms with Crippen LogP contribution in [0.1, 0.15) is 53.8 Å². The van der Waals surface area contributed by atoms with Crippen molar-refractivity contribution in [3.8, 4) is 11.3 Å². The standard InChI is InChI=1S/C23H22N2O6/c1-13-11-14(22(28)29)7-9-17(13)19-10-8-16(31-19)12-18-20(26)24-23(30)25(21(18)27)15-5-3-2-4-6-15/h7-12,15H,2-6H2,1H3,(H,28,29)(H,24,26,30)/b18-12-. The van der Waals surface area contributed by atoms with E-state index in [1.54, 1.807) is 31.2 Å². The Morgan fingerprint density at radius 1 is 1.13 bits per heavy atom. The van der Waals surface area contributed by atoms with E-state index >= 15 is 0 Å². The maximum atomic E-state index is 13.0. The summed E-state index contributed by atoms with van der Waals surface area (Å²) in [5, 5.41) is 11.4. The minimum atomic E-state index is -1.02. The Labute approximate surface area is 178 Å². The number of hydrogen-bond donors (Lipinski definition) is 2. The first-order chi connectivity index (χ1) is 14.8. The number of carbonyl (C=O) groups is 4. The molecule has 2 N–H and O–H groups in total. The molecule has 4 amide bonds. The maximum Gasteiger partial charge on any atom is 0.335 e. The van der Waals surface area contributed by atoms with E-state index in [4.69, 9.17) is 9.52 Å². The minimum Gasteiger partial charge on any atom is -0.478 e. The lowest BCUT2D eigenvalue weighted by molar-refractivity contribution is -0.132. The average Bonchev–Trinajstić information content (AvgIpc) is 3.20. The predicted molar refractivity (Wildman–Crippen MR) is 111 cm³/mol. The summed E-state index contributed by atoms with van der Waals surface area (Å²) in [6.07, 6.45) is 5.76. The van der Waals surface area contributed by atoms with Gasteiger partial charge in [0.25, 0.3) is 11.8 Å². The van der Waals surface area contributed by atoms with Crippen molar-refractivity contribution in [3.63, 3.8) is 0 Å². The fourth-order valence-electron chi connectivity index (χ4n) is 4.13. The van der Waals surface area contributed by atoms with E-state index in [0.29, 0.717) is 16.9 Å². The van der Waals surface area contributed by atoms with E-state index in [9.17, 15) is 19.2 Å². The number of nitrogens with zero attached hydrogens (tertiary/aromatic N) is 1. The highest BCUT2D eigenvalue weighted by molar-refractivity contribution is 6.31. The second-order valence-electron chi connectivity index (χ2n) is 7.82. The zero-order chi connectivity index (χ0) is 22.1. The van der Waals surface area contributed by atoms with Gasteiger partial charge in [0.15, 0.2) is 0 Å². The summed E-state index contributed by atoms with van der Waals surface area (Å²) >= 11 is 0. The molecule has 2 aromatic rings. The predicted octanol–water partition coefficient (Wildman–Crippen LogP) is 3.75. The molecule has 0 spiro atoms. The normalized spacial score (nSPS) is 19.1. The topological polar surface area (TPSA) is 117 Å². The van der Waals surface area contributed by atoms with Gasteiger partial charge in [-0.15, -0.1) is 0 Å². The SMILES string of the molecule is Cc1cc(C(=O)O)ccc1-c1ccc(/C=C2/C(=O)NC(=O)N(C3CCCCC3)C2=O)o1. The van der Waals surface area contributed by atoms with Gasteiger partial charge in [0, 0.05) is 11.6 Å². The molecule has 1 aliphatic carbocycles. The Morgan fingerprint density at radius 3 is 2.55 bits per heavy atom. The Kier molecular flexibility index (Phi) is 5.46. The molecule has 4 rings (SSSR count). The molecule has 160 valence electrons. The van der Waals surface area contributed by atoms with Crippen LogP contribution in [-0.2, 0) is 9.59 Å². The fraction of sp³-hybridized carbons (Fsp3) is 0.304. The van der Waals surface area contributed by atoms with Gasteiger partial charge >= 0.3 is 12.0 Å². The summed E-state index contributed by atoms with van der Waals surface area (Å²) < 4.78 is 5.80. The number of urea groups is 1. The molecule has 0 bridgehead atoms. The van der Waals surface area contributed by atoms with Crippen LogP contribution in [0.25, 0.3) is 17.4 Å². The lowest BCUT2D eigenvalue weighted by Gasteiger charge is -2.35. The molecule has 1 saturated carbocycles. The van der Waals surface area contributed by atoms with Gasteiger partial charge in [0.1, 0.15) is 17.1 Å². The molecule has 0 radical (unpaired) electrons. The largest absolute Gasteiger partial charge is 0.478 e. The first-order valence-corrected chi connectivity index (χ1v) is 10.2. The third-order valence-electron chi connectivity index (χ3n) is 5.73. The van der Waals surface area contributed by atoms with Crippen molar-refractivity contribution >= 4 is 29.9 Å².